The highest BCUT2D eigenvalue weighted by atomic mass is 79.9. The Bertz CT molecular complexity index is 442. The van der Waals surface area contributed by atoms with Crippen molar-refractivity contribution in [3.05, 3.63) is 34.3 Å². The maximum absolute atomic E-state index is 12.4. The quantitative estimate of drug-likeness (QED) is 0.867. The molecule has 1 heterocycles. The molecule has 1 fully saturated rings. The summed E-state index contributed by atoms with van der Waals surface area (Å²) in [6.45, 7) is 5.72. The van der Waals surface area contributed by atoms with Crippen LogP contribution in [0.25, 0.3) is 0 Å². The van der Waals surface area contributed by atoms with Gasteiger partial charge in [-0.2, -0.15) is 0 Å². The molecular weight excluding hydrogens is 292 g/mol. The number of amides is 1. The molecule has 0 aromatic heterocycles. The maximum atomic E-state index is 12.4. The number of nitrogens with zero attached hydrogens (tertiary/aromatic N) is 1. The zero-order valence-electron chi connectivity index (χ0n) is 10.8. The van der Waals surface area contributed by atoms with E-state index in [-0.39, 0.29) is 17.4 Å². The van der Waals surface area contributed by atoms with Crippen molar-refractivity contribution in [1.29, 1.82) is 0 Å². The van der Waals surface area contributed by atoms with Gasteiger partial charge in [-0.1, -0.05) is 29.8 Å². The highest BCUT2D eigenvalue weighted by Gasteiger charge is 2.35. The summed E-state index contributed by atoms with van der Waals surface area (Å²) < 4.78 is 0.986. The van der Waals surface area contributed by atoms with Crippen LogP contribution in [0.4, 0.5) is 0 Å². The van der Waals surface area contributed by atoms with Crippen LogP contribution in [0.15, 0.2) is 28.7 Å². The molecule has 3 nitrogen and oxygen atoms in total. The normalized spacial score (nSPS) is 22.9. The van der Waals surface area contributed by atoms with Crippen LogP contribution in [0.1, 0.15) is 30.6 Å². The van der Waals surface area contributed by atoms with Crippen LogP contribution in [0, 0.1) is 5.41 Å². The van der Waals surface area contributed by atoms with Crippen molar-refractivity contribution in [1.82, 2.24) is 4.90 Å². The zero-order valence-corrected chi connectivity index (χ0v) is 12.4. The average Bonchev–Trinajstić information content (AvgIpc) is 2.33. The largest absolute Gasteiger partial charge is 0.338 e. The van der Waals surface area contributed by atoms with Gasteiger partial charge in [0.1, 0.15) is 0 Å². The molecule has 0 radical (unpaired) electrons. The van der Waals surface area contributed by atoms with E-state index in [4.69, 9.17) is 5.73 Å². The number of halogens is 1. The summed E-state index contributed by atoms with van der Waals surface area (Å²) in [5.41, 5.74) is 6.82. The molecule has 1 aromatic rings. The second-order valence-corrected chi connectivity index (χ2v) is 6.53. The van der Waals surface area contributed by atoms with Crippen LogP contribution in [0.3, 0.4) is 0 Å². The third kappa shape index (κ3) is 2.75. The standard InChI is InChI=1S/C14H19BrN2O/c1-14(2)9-17(8-7-12(14)16)13(18)10-3-5-11(15)6-4-10/h3-6,12H,7-9,16H2,1-2H3. The Balaban J connectivity index is 2.13. The van der Waals surface area contributed by atoms with E-state index in [1.54, 1.807) is 0 Å². The van der Waals surface area contributed by atoms with E-state index >= 15 is 0 Å². The minimum Gasteiger partial charge on any atom is -0.338 e. The predicted octanol–water partition coefficient (Wildman–Crippen LogP) is 2.65. The van der Waals surface area contributed by atoms with Crippen LogP contribution in [0.2, 0.25) is 0 Å². The fraction of sp³-hybridized carbons (Fsp3) is 0.500. The molecule has 0 bridgehead atoms. The summed E-state index contributed by atoms with van der Waals surface area (Å²) in [4.78, 5) is 14.3. The molecule has 1 saturated heterocycles. The molecule has 1 atom stereocenters. The number of likely N-dealkylation sites (tertiary alicyclic amines) is 1. The summed E-state index contributed by atoms with van der Waals surface area (Å²) >= 11 is 3.38. The van der Waals surface area contributed by atoms with E-state index in [2.05, 4.69) is 29.8 Å². The number of nitrogens with two attached hydrogens (primary N) is 1. The van der Waals surface area contributed by atoms with Crippen LogP contribution in [0.5, 0.6) is 0 Å². The van der Waals surface area contributed by atoms with Gasteiger partial charge in [-0.25, -0.2) is 0 Å². The molecule has 98 valence electrons. The van der Waals surface area contributed by atoms with E-state index in [1.807, 2.05) is 29.2 Å². The van der Waals surface area contributed by atoms with Gasteiger partial charge in [0, 0.05) is 29.2 Å². The Kier molecular flexibility index (Phi) is 3.78. The van der Waals surface area contributed by atoms with E-state index in [0.29, 0.717) is 0 Å². The van der Waals surface area contributed by atoms with Gasteiger partial charge in [-0.05, 0) is 36.1 Å². The first-order valence-electron chi connectivity index (χ1n) is 6.20. The van der Waals surface area contributed by atoms with Gasteiger partial charge in [0.15, 0.2) is 0 Å². The van der Waals surface area contributed by atoms with Crippen molar-refractivity contribution in [2.45, 2.75) is 26.3 Å². The molecule has 0 aliphatic carbocycles. The molecule has 4 heteroatoms. The first-order chi connectivity index (χ1) is 8.40. The highest BCUT2D eigenvalue weighted by Crippen LogP contribution is 2.28. The molecule has 2 rings (SSSR count). The summed E-state index contributed by atoms with van der Waals surface area (Å²) in [6, 6.07) is 7.68. The Morgan fingerprint density at radius 1 is 1.39 bits per heavy atom. The van der Waals surface area contributed by atoms with E-state index in [9.17, 15) is 4.79 Å². The Hall–Kier alpha value is -0.870. The summed E-state index contributed by atoms with van der Waals surface area (Å²) in [7, 11) is 0. The molecule has 2 N–H and O–H groups in total. The Labute approximate surface area is 116 Å². The van der Waals surface area contributed by atoms with Gasteiger partial charge < -0.3 is 10.6 Å². The first kappa shape index (κ1) is 13.6. The smallest absolute Gasteiger partial charge is 0.253 e. The van der Waals surface area contributed by atoms with Gasteiger partial charge in [-0.3, -0.25) is 4.79 Å². The lowest BCUT2D eigenvalue weighted by atomic mass is 9.79. The molecule has 1 aliphatic rings. The number of piperidine rings is 1. The third-order valence-electron chi connectivity index (χ3n) is 3.69. The monoisotopic (exact) mass is 310 g/mol. The van der Waals surface area contributed by atoms with Crippen molar-refractivity contribution < 1.29 is 4.79 Å². The molecular formula is C14H19BrN2O. The van der Waals surface area contributed by atoms with Crippen molar-refractivity contribution in [2.75, 3.05) is 13.1 Å². The van der Waals surface area contributed by atoms with Crippen LogP contribution in [-0.2, 0) is 0 Å². The second-order valence-electron chi connectivity index (χ2n) is 5.62. The maximum Gasteiger partial charge on any atom is 0.253 e. The lowest BCUT2D eigenvalue weighted by Crippen LogP contribution is -2.53. The Morgan fingerprint density at radius 3 is 2.56 bits per heavy atom. The van der Waals surface area contributed by atoms with Crippen LogP contribution < -0.4 is 5.73 Å². The molecule has 1 unspecified atom stereocenters. The highest BCUT2D eigenvalue weighted by molar-refractivity contribution is 9.10. The Morgan fingerprint density at radius 2 is 2.00 bits per heavy atom. The minimum atomic E-state index is -0.0106. The molecule has 0 spiro atoms. The van der Waals surface area contributed by atoms with Crippen molar-refractivity contribution in [3.8, 4) is 0 Å². The minimum absolute atomic E-state index is 0.0106. The topological polar surface area (TPSA) is 46.3 Å². The number of hydrogen-bond donors (Lipinski definition) is 1. The number of carbonyl (C=O) groups excluding carboxylic acids is 1. The summed E-state index contributed by atoms with van der Waals surface area (Å²) in [5.74, 6) is 0.0995. The van der Waals surface area contributed by atoms with Gasteiger partial charge in [0.05, 0.1) is 0 Å². The number of rotatable bonds is 1. The molecule has 1 amide bonds. The SMILES string of the molecule is CC1(C)CN(C(=O)c2ccc(Br)cc2)CCC1N. The number of carbonyl (C=O) groups is 1. The summed E-state index contributed by atoms with van der Waals surface area (Å²) in [6.07, 6.45) is 0.870. The lowest BCUT2D eigenvalue weighted by molar-refractivity contribution is 0.0533. The average molecular weight is 311 g/mol. The van der Waals surface area contributed by atoms with Crippen LogP contribution >= 0.6 is 15.9 Å². The first-order valence-corrected chi connectivity index (χ1v) is 7.00. The van der Waals surface area contributed by atoms with Gasteiger partial charge in [0.2, 0.25) is 0 Å². The second kappa shape index (κ2) is 5.02. The number of hydrogen-bond acceptors (Lipinski definition) is 2. The van der Waals surface area contributed by atoms with Crippen molar-refractivity contribution in [2.24, 2.45) is 11.1 Å². The van der Waals surface area contributed by atoms with Crippen molar-refractivity contribution >= 4 is 21.8 Å². The molecule has 18 heavy (non-hydrogen) atoms. The van der Waals surface area contributed by atoms with E-state index < -0.39 is 0 Å². The van der Waals surface area contributed by atoms with Crippen molar-refractivity contribution in [3.63, 3.8) is 0 Å². The zero-order chi connectivity index (χ0) is 13.3. The fourth-order valence-corrected chi connectivity index (χ4v) is 2.59. The van der Waals surface area contributed by atoms with E-state index in [0.717, 1.165) is 29.5 Å². The van der Waals surface area contributed by atoms with Gasteiger partial charge in [-0.15, -0.1) is 0 Å². The molecule has 1 aliphatic heterocycles. The van der Waals surface area contributed by atoms with Gasteiger partial charge in [0.25, 0.3) is 5.91 Å². The molecule has 1 aromatic carbocycles. The summed E-state index contributed by atoms with van der Waals surface area (Å²) in [5, 5.41) is 0. The number of benzene rings is 1. The predicted molar refractivity (Wildman–Crippen MR) is 76.4 cm³/mol. The van der Waals surface area contributed by atoms with Gasteiger partial charge >= 0.3 is 0 Å². The lowest BCUT2D eigenvalue weighted by Gasteiger charge is -2.42. The fourth-order valence-electron chi connectivity index (χ4n) is 2.32. The molecule has 0 saturated carbocycles. The third-order valence-corrected chi connectivity index (χ3v) is 4.22. The van der Waals surface area contributed by atoms with Crippen LogP contribution in [-0.4, -0.2) is 29.9 Å². The van der Waals surface area contributed by atoms with E-state index in [1.165, 1.54) is 0 Å².